The van der Waals surface area contributed by atoms with Crippen LogP contribution >= 0.6 is 0 Å². The summed E-state index contributed by atoms with van der Waals surface area (Å²) < 4.78 is 25.7. The van der Waals surface area contributed by atoms with Crippen LogP contribution < -0.4 is 5.19 Å². The fourth-order valence-corrected chi connectivity index (χ4v) is 1.72. The van der Waals surface area contributed by atoms with Gasteiger partial charge in [-0.1, -0.05) is 12.1 Å². The number of carboxylic acids is 1. The second-order valence-electron chi connectivity index (χ2n) is 2.77. The van der Waals surface area contributed by atoms with Crippen molar-refractivity contribution in [2.75, 3.05) is 0 Å². The first-order valence-corrected chi connectivity index (χ1v) is 5.88. The molecule has 1 N–H and O–H groups in total. The zero-order chi connectivity index (χ0) is 10.1. The first kappa shape index (κ1) is 9.85. The molecule has 0 saturated carbocycles. The molecule has 0 aliphatic rings. The second kappa shape index (κ2) is 3.25. The monoisotopic (exact) mass is 202 g/mol. The van der Waals surface area contributed by atoms with Crippen molar-refractivity contribution in [1.29, 1.82) is 0 Å². The number of benzene rings is 1. The van der Waals surface area contributed by atoms with Gasteiger partial charge in [-0.3, -0.25) is 8.22 Å². The maximum Gasteiger partial charge on any atom is 0.452 e. The number of aromatic carboxylic acids is 1. The third kappa shape index (κ3) is 2.35. The standard InChI is InChI=1S/C8H8F2O2Si/c1-13(9,10)7-4-2-3-6(5-7)8(11)12/h2-5H,1H3,(H,11,12). The van der Waals surface area contributed by atoms with Crippen LogP contribution in [0, 0.1) is 0 Å². The minimum atomic E-state index is -4.37. The Kier molecular flexibility index (Phi) is 2.47. The van der Waals surface area contributed by atoms with Gasteiger partial charge in [0.25, 0.3) is 0 Å². The Morgan fingerprint density at radius 2 is 2.08 bits per heavy atom. The first-order valence-electron chi connectivity index (χ1n) is 3.63. The quantitative estimate of drug-likeness (QED) is 0.584. The second-order valence-corrected chi connectivity index (χ2v) is 5.13. The SMILES string of the molecule is C[Si](F)(F)c1cccc(C(=O)O)c1. The average molecular weight is 202 g/mol. The summed E-state index contributed by atoms with van der Waals surface area (Å²) in [5.41, 5.74) is -0.0912. The highest BCUT2D eigenvalue weighted by molar-refractivity contribution is 6.78. The molecule has 70 valence electrons. The van der Waals surface area contributed by atoms with Crippen molar-refractivity contribution in [3.8, 4) is 0 Å². The summed E-state index contributed by atoms with van der Waals surface area (Å²) in [7, 11) is -4.37. The number of halogens is 2. The Hall–Kier alpha value is -1.23. The largest absolute Gasteiger partial charge is 0.478 e. The lowest BCUT2D eigenvalue weighted by Crippen LogP contribution is -2.35. The van der Waals surface area contributed by atoms with Gasteiger partial charge in [0.1, 0.15) is 0 Å². The summed E-state index contributed by atoms with van der Waals surface area (Å²) >= 11 is 0. The molecule has 0 fully saturated rings. The van der Waals surface area contributed by atoms with Gasteiger partial charge < -0.3 is 5.11 Å². The fourth-order valence-electron chi connectivity index (χ4n) is 0.925. The van der Waals surface area contributed by atoms with E-state index in [0.29, 0.717) is 0 Å². The Bertz CT molecular complexity index is 333. The molecular formula is C8H8F2O2Si. The maximum absolute atomic E-state index is 12.8. The molecular weight excluding hydrogens is 194 g/mol. The lowest BCUT2D eigenvalue weighted by Gasteiger charge is -2.06. The van der Waals surface area contributed by atoms with Gasteiger partial charge in [-0.05, 0) is 18.7 Å². The van der Waals surface area contributed by atoms with Gasteiger partial charge in [-0.2, -0.15) is 0 Å². The number of hydrogen-bond donors (Lipinski definition) is 1. The molecule has 1 aromatic rings. The van der Waals surface area contributed by atoms with E-state index in [-0.39, 0.29) is 10.8 Å². The van der Waals surface area contributed by atoms with Crippen LogP contribution in [0.3, 0.4) is 0 Å². The predicted molar refractivity (Wildman–Crippen MR) is 46.9 cm³/mol. The molecule has 1 aromatic carbocycles. The summed E-state index contributed by atoms with van der Waals surface area (Å²) in [6, 6.07) is 4.93. The van der Waals surface area contributed by atoms with Crippen LogP contribution in [-0.4, -0.2) is 19.8 Å². The molecule has 0 radical (unpaired) electrons. The Morgan fingerprint density at radius 1 is 1.46 bits per heavy atom. The molecule has 5 heteroatoms. The summed E-state index contributed by atoms with van der Waals surface area (Å²) in [6.07, 6.45) is 0. The summed E-state index contributed by atoms with van der Waals surface area (Å²) in [5.74, 6) is -1.18. The van der Waals surface area contributed by atoms with Crippen LogP contribution in [0.4, 0.5) is 8.22 Å². The highest BCUT2D eigenvalue weighted by Crippen LogP contribution is 2.08. The van der Waals surface area contributed by atoms with Gasteiger partial charge in [0, 0.05) is 5.19 Å². The molecule has 2 nitrogen and oxygen atoms in total. The maximum atomic E-state index is 12.8. The number of rotatable bonds is 2. The van der Waals surface area contributed by atoms with E-state index in [4.69, 9.17) is 5.11 Å². The van der Waals surface area contributed by atoms with E-state index < -0.39 is 14.7 Å². The summed E-state index contributed by atoms with van der Waals surface area (Å²) in [4.78, 5) is 10.5. The molecule has 13 heavy (non-hydrogen) atoms. The van der Waals surface area contributed by atoms with Crippen LogP contribution in [0.15, 0.2) is 24.3 Å². The van der Waals surface area contributed by atoms with Crippen molar-refractivity contribution in [2.24, 2.45) is 0 Å². The molecule has 0 heterocycles. The van der Waals surface area contributed by atoms with E-state index in [1.54, 1.807) is 0 Å². The van der Waals surface area contributed by atoms with E-state index in [0.717, 1.165) is 12.6 Å². The lowest BCUT2D eigenvalue weighted by molar-refractivity contribution is 0.0697. The van der Waals surface area contributed by atoms with Gasteiger partial charge in [-0.15, -0.1) is 0 Å². The zero-order valence-electron chi connectivity index (χ0n) is 6.92. The Balaban J connectivity index is 3.13. The zero-order valence-corrected chi connectivity index (χ0v) is 7.92. The Morgan fingerprint density at radius 3 is 2.54 bits per heavy atom. The third-order valence-corrected chi connectivity index (χ3v) is 2.94. The molecule has 0 saturated heterocycles. The van der Waals surface area contributed by atoms with Crippen LogP contribution in [0.1, 0.15) is 10.4 Å². The first-order chi connectivity index (χ1) is 5.91. The van der Waals surface area contributed by atoms with E-state index in [1.807, 2.05) is 0 Å². The third-order valence-electron chi connectivity index (χ3n) is 1.62. The van der Waals surface area contributed by atoms with Gasteiger partial charge in [0.15, 0.2) is 0 Å². The van der Waals surface area contributed by atoms with E-state index in [2.05, 4.69) is 0 Å². The summed E-state index contributed by atoms with van der Waals surface area (Å²) in [5, 5.41) is 8.40. The summed E-state index contributed by atoms with van der Waals surface area (Å²) in [6.45, 7) is 0.869. The molecule has 0 aliphatic heterocycles. The van der Waals surface area contributed by atoms with E-state index in [1.165, 1.54) is 18.2 Å². The normalized spacial score (nSPS) is 11.3. The number of carboxylic acid groups (broad SMARTS) is 1. The molecule has 0 atom stereocenters. The number of carbonyl (C=O) groups is 1. The van der Waals surface area contributed by atoms with Crippen LogP contribution in [0.25, 0.3) is 0 Å². The minimum absolute atomic E-state index is 0.0912. The topological polar surface area (TPSA) is 37.3 Å². The van der Waals surface area contributed by atoms with Crippen LogP contribution in [0.2, 0.25) is 6.55 Å². The molecule has 0 aliphatic carbocycles. The molecule has 0 spiro atoms. The lowest BCUT2D eigenvalue weighted by atomic mass is 10.2. The van der Waals surface area contributed by atoms with Gasteiger partial charge in [0.05, 0.1) is 5.56 Å². The molecule has 0 aromatic heterocycles. The van der Waals surface area contributed by atoms with Crippen molar-refractivity contribution in [1.82, 2.24) is 0 Å². The molecule has 0 unspecified atom stereocenters. The van der Waals surface area contributed by atoms with Gasteiger partial charge in [0.2, 0.25) is 0 Å². The van der Waals surface area contributed by atoms with Crippen molar-refractivity contribution in [3.05, 3.63) is 29.8 Å². The van der Waals surface area contributed by atoms with Crippen molar-refractivity contribution in [3.63, 3.8) is 0 Å². The van der Waals surface area contributed by atoms with Gasteiger partial charge >= 0.3 is 14.7 Å². The molecule has 0 amide bonds. The average Bonchev–Trinajstić information content (AvgIpc) is 2.03. The highest BCUT2D eigenvalue weighted by Gasteiger charge is 2.31. The Labute approximate surface area is 75.2 Å². The number of hydrogen-bond acceptors (Lipinski definition) is 1. The van der Waals surface area contributed by atoms with Crippen LogP contribution in [0.5, 0.6) is 0 Å². The predicted octanol–water partition coefficient (Wildman–Crippen LogP) is 1.60. The molecule has 1 rings (SSSR count). The van der Waals surface area contributed by atoms with E-state index in [9.17, 15) is 13.0 Å². The van der Waals surface area contributed by atoms with Crippen LogP contribution in [-0.2, 0) is 0 Å². The fraction of sp³-hybridized carbons (Fsp3) is 0.125. The van der Waals surface area contributed by atoms with Crippen molar-refractivity contribution in [2.45, 2.75) is 6.55 Å². The highest BCUT2D eigenvalue weighted by atomic mass is 28.4. The van der Waals surface area contributed by atoms with E-state index >= 15 is 0 Å². The smallest absolute Gasteiger partial charge is 0.452 e. The van der Waals surface area contributed by atoms with Crippen molar-refractivity contribution < 1.29 is 18.1 Å². The molecule has 0 bridgehead atoms. The minimum Gasteiger partial charge on any atom is -0.478 e. The van der Waals surface area contributed by atoms with Crippen molar-refractivity contribution >= 4 is 19.9 Å². The van der Waals surface area contributed by atoms with Gasteiger partial charge in [-0.25, -0.2) is 4.79 Å².